The van der Waals surface area contributed by atoms with Crippen LogP contribution in [0.4, 0.5) is 0 Å². The van der Waals surface area contributed by atoms with Crippen LogP contribution in [0.1, 0.15) is 0 Å². The second-order valence-electron chi connectivity index (χ2n) is 0.759. The lowest BCUT2D eigenvalue weighted by atomic mass is 11.0. The molecule has 0 unspecified atom stereocenters. The molecule has 4 nitrogen and oxygen atoms in total. The van der Waals surface area contributed by atoms with Gasteiger partial charge in [0.15, 0.2) is 0 Å². The maximum absolute atomic E-state index is 7.74. The van der Waals surface area contributed by atoms with Gasteiger partial charge in [0.2, 0.25) is 0 Å². The van der Waals surface area contributed by atoms with E-state index in [1.165, 1.54) is 12.5 Å². The Morgan fingerprint density at radius 1 is 1.25 bits per heavy atom. The molecule has 0 saturated carbocycles. The molecule has 0 bridgehead atoms. The third kappa shape index (κ3) is 2.55. The second kappa shape index (κ2) is 3.51. The minimum atomic E-state index is -0.310. The largest absolute Gasteiger partial charge is 0.351 e. The summed E-state index contributed by atoms with van der Waals surface area (Å²) in [6.07, 6.45) is 2.55. The number of rotatable bonds is 2. The van der Waals surface area contributed by atoms with E-state index in [0.29, 0.717) is 0 Å². The average Bonchev–Trinajstić information content (AvgIpc) is 1.68. The third-order valence-electron chi connectivity index (χ3n) is 0.319. The van der Waals surface area contributed by atoms with Gasteiger partial charge in [0.25, 0.3) is 12.5 Å². The zero-order valence-corrected chi connectivity index (χ0v) is 3.92. The minimum Gasteiger partial charge on any atom is -0.351 e. The Kier molecular flexibility index (Phi) is 2.77. The number of nitrogens with zero attached hydrogens (tertiary/aromatic N) is 2. The Hall–Kier alpha value is -1.68. The highest BCUT2D eigenvalue weighted by atomic mass is 16.7. The van der Waals surface area contributed by atoms with E-state index in [-0.39, 0.29) is 5.95 Å². The van der Waals surface area contributed by atoms with Gasteiger partial charge in [-0.1, -0.05) is 0 Å². The van der Waals surface area contributed by atoms with Crippen molar-refractivity contribution < 1.29 is 9.47 Å². The molecule has 0 heterocycles. The molecule has 0 aliphatic heterocycles. The molecule has 0 atom stereocenters. The third-order valence-corrected chi connectivity index (χ3v) is 0.319. The summed E-state index contributed by atoms with van der Waals surface area (Å²) in [6.45, 7) is 3.04. The highest BCUT2D eigenvalue weighted by Crippen LogP contribution is 1.90. The fraction of sp³-hybridized carbons (Fsp3) is 0. The Balaban J connectivity index is 3.41. The van der Waals surface area contributed by atoms with E-state index in [1.807, 2.05) is 0 Å². The van der Waals surface area contributed by atoms with Gasteiger partial charge < -0.3 is 9.47 Å². The van der Waals surface area contributed by atoms with Crippen LogP contribution in [-0.4, -0.2) is 0 Å². The van der Waals surface area contributed by atoms with Crippen LogP contribution in [0.25, 0.3) is 0 Å². The van der Waals surface area contributed by atoms with Gasteiger partial charge in [0.05, 0.1) is 0 Å². The summed E-state index contributed by atoms with van der Waals surface area (Å²) in [5.41, 5.74) is 0. The summed E-state index contributed by atoms with van der Waals surface area (Å²) >= 11 is 0. The Morgan fingerprint density at radius 2 is 1.62 bits per heavy atom. The fourth-order valence-electron chi connectivity index (χ4n) is 0.123. The summed E-state index contributed by atoms with van der Waals surface area (Å²) in [7, 11) is 0. The van der Waals surface area contributed by atoms with Crippen LogP contribution >= 0.6 is 0 Å². The average molecular weight is 110 g/mol. The first-order valence-corrected chi connectivity index (χ1v) is 1.62. The number of hydrogen-bond acceptors (Lipinski definition) is 4. The molecule has 0 radical (unpaired) electrons. The van der Waals surface area contributed by atoms with Crippen LogP contribution in [-0.2, 0) is 9.47 Å². The van der Waals surface area contributed by atoms with Crippen molar-refractivity contribution in [2.45, 2.75) is 0 Å². The fourth-order valence-corrected chi connectivity index (χ4v) is 0.123. The van der Waals surface area contributed by atoms with Crippen molar-refractivity contribution >= 4 is 0 Å². The molecule has 40 valence electrons. The first-order valence-electron chi connectivity index (χ1n) is 1.62. The summed E-state index contributed by atoms with van der Waals surface area (Å²) in [5, 5.41) is 15.5. The summed E-state index contributed by atoms with van der Waals surface area (Å²) in [4.78, 5) is 0. The molecule has 0 aliphatic rings. The van der Waals surface area contributed by atoms with Crippen molar-refractivity contribution in [3.8, 4) is 12.5 Å². The molecule has 8 heavy (non-hydrogen) atoms. The molecule has 0 aromatic heterocycles. The predicted octanol–water partition coefficient (Wildman–Crippen LogP) is 0.453. The highest BCUT2D eigenvalue weighted by molar-refractivity contribution is 4.76. The number of ether oxygens (including phenoxy) is 2. The molecule has 4 heteroatoms. The van der Waals surface area contributed by atoms with Crippen LogP contribution in [0.3, 0.4) is 0 Å². The summed E-state index contributed by atoms with van der Waals surface area (Å²) < 4.78 is 7.90. The maximum Gasteiger partial charge on any atom is 0.305 e. The van der Waals surface area contributed by atoms with E-state index in [2.05, 4.69) is 16.1 Å². The van der Waals surface area contributed by atoms with Crippen LogP contribution in [0.15, 0.2) is 12.5 Å². The van der Waals surface area contributed by atoms with Gasteiger partial charge in [0.1, 0.15) is 0 Å². The van der Waals surface area contributed by atoms with E-state index < -0.39 is 0 Å². The first-order chi connectivity index (χ1) is 3.81. The van der Waals surface area contributed by atoms with Gasteiger partial charge in [-0.15, -0.1) is 10.5 Å². The molecular formula is C4H2N2O2. The van der Waals surface area contributed by atoms with Gasteiger partial charge in [-0.3, -0.25) is 0 Å². The summed E-state index contributed by atoms with van der Waals surface area (Å²) in [6, 6.07) is 0. The molecule has 0 saturated heterocycles. The zero-order valence-electron chi connectivity index (χ0n) is 3.92. The predicted molar refractivity (Wildman–Crippen MR) is 22.5 cm³/mol. The van der Waals surface area contributed by atoms with Gasteiger partial charge in [-0.25, -0.2) is 0 Å². The van der Waals surface area contributed by atoms with Gasteiger partial charge in [-0.05, 0) is 6.58 Å². The molecule has 0 spiro atoms. The molecule has 0 amide bonds. The topological polar surface area (TPSA) is 66.0 Å². The number of nitriles is 2. The maximum atomic E-state index is 7.74. The van der Waals surface area contributed by atoms with E-state index >= 15 is 0 Å². The smallest absolute Gasteiger partial charge is 0.305 e. The van der Waals surface area contributed by atoms with E-state index in [4.69, 9.17) is 10.5 Å². The van der Waals surface area contributed by atoms with Crippen molar-refractivity contribution in [3.63, 3.8) is 0 Å². The quantitative estimate of drug-likeness (QED) is 0.382. The highest BCUT2D eigenvalue weighted by Gasteiger charge is 1.88. The molecular weight excluding hydrogens is 108 g/mol. The van der Waals surface area contributed by atoms with Gasteiger partial charge >= 0.3 is 5.95 Å². The van der Waals surface area contributed by atoms with E-state index in [9.17, 15) is 0 Å². The van der Waals surface area contributed by atoms with Crippen molar-refractivity contribution in [3.05, 3.63) is 12.5 Å². The molecule has 0 fully saturated rings. The minimum absolute atomic E-state index is 0.310. The zero-order chi connectivity index (χ0) is 6.41. The molecule has 0 rings (SSSR count). The lowest BCUT2D eigenvalue weighted by molar-refractivity contribution is 0.174. The summed E-state index contributed by atoms with van der Waals surface area (Å²) in [5.74, 6) is -0.310. The molecule has 0 aromatic carbocycles. The van der Waals surface area contributed by atoms with E-state index in [0.717, 1.165) is 0 Å². The van der Waals surface area contributed by atoms with E-state index in [1.54, 1.807) is 0 Å². The SMILES string of the molecule is C=C(OC#N)OC#N. The first kappa shape index (κ1) is 6.32. The standard InChI is InChI=1S/C4H2N2O2/c1-4(7-2-5)8-3-6/h1H2. The van der Waals surface area contributed by atoms with Crippen LogP contribution in [0.2, 0.25) is 0 Å². The van der Waals surface area contributed by atoms with Crippen LogP contribution < -0.4 is 0 Å². The Morgan fingerprint density at radius 3 is 1.88 bits per heavy atom. The monoisotopic (exact) mass is 110 g/mol. The Bertz CT molecular complexity index is 144. The van der Waals surface area contributed by atoms with Crippen LogP contribution in [0.5, 0.6) is 0 Å². The Labute approximate surface area is 46.2 Å². The molecule has 0 N–H and O–H groups in total. The lowest BCUT2D eigenvalue weighted by Crippen LogP contribution is -1.83. The van der Waals surface area contributed by atoms with Gasteiger partial charge in [-0.2, -0.15) is 0 Å². The van der Waals surface area contributed by atoms with Crippen molar-refractivity contribution in [2.75, 3.05) is 0 Å². The second-order valence-corrected chi connectivity index (χ2v) is 0.759. The van der Waals surface area contributed by atoms with Crippen molar-refractivity contribution in [1.29, 1.82) is 10.5 Å². The molecule has 0 aromatic rings. The van der Waals surface area contributed by atoms with Crippen molar-refractivity contribution in [1.82, 2.24) is 0 Å². The normalized spacial score (nSPS) is 5.75. The lowest BCUT2D eigenvalue weighted by Gasteiger charge is -1.89. The van der Waals surface area contributed by atoms with Gasteiger partial charge in [0, 0.05) is 0 Å². The van der Waals surface area contributed by atoms with Crippen molar-refractivity contribution in [2.24, 2.45) is 0 Å². The molecule has 0 aliphatic carbocycles. The van der Waals surface area contributed by atoms with Crippen LogP contribution in [0, 0.1) is 23.0 Å². The number of hydrogen-bond donors (Lipinski definition) is 0.